The molecule has 0 aliphatic carbocycles. The zero-order valence-corrected chi connectivity index (χ0v) is 42.6. The molecule has 2 aromatic heterocycles. The van der Waals surface area contributed by atoms with E-state index in [9.17, 15) is 38.4 Å². The normalized spacial score (nSPS) is 14.4. The van der Waals surface area contributed by atoms with Gasteiger partial charge in [0.05, 0.1) is 22.4 Å². The van der Waals surface area contributed by atoms with Crippen LogP contribution in [0.25, 0.3) is 46.1 Å². The Morgan fingerprint density at radius 2 is 0.883 bits per heavy atom. The first-order valence-electron chi connectivity index (χ1n) is 24.6. The van der Waals surface area contributed by atoms with Crippen LogP contribution in [0.15, 0.2) is 97.1 Å². The number of ether oxygens (including phenoxy) is 5. The van der Waals surface area contributed by atoms with Gasteiger partial charge in [-0.1, -0.05) is 72.8 Å². The van der Waals surface area contributed by atoms with Gasteiger partial charge in [-0.25, -0.2) is 19.2 Å². The largest absolute Gasteiger partial charge is 0.452 e. The Morgan fingerprint density at radius 3 is 1.27 bits per heavy atom. The molecule has 2 unspecified atom stereocenters. The van der Waals surface area contributed by atoms with E-state index >= 15 is 0 Å². The number of para-hydroxylation sites is 2. The molecule has 2 aliphatic rings. The van der Waals surface area contributed by atoms with E-state index in [0.29, 0.717) is 63.5 Å². The van der Waals surface area contributed by atoms with Crippen LogP contribution in [-0.2, 0) is 52.5 Å². The van der Waals surface area contributed by atoms with Crippen LogP contribution in [0.5, 0.6) is 0 Å². The molecule has 4 amide bonds. The van der Waals surface area contributed by atoms with E-state index in [4.69, 9.17) is 19.3 Å². The van der Waals surface area contributed by atoms with Crippen molar-refractivity contribution in [3.8, 4) is 0 Å². The first-order valence-corrected chi connectivity index (χ1v) is 24.6. The van der Waals surface area contributed by atoms with Gasteiger partial charge in [0.25, 0.3) is 23.6 Å². The number of H-pyrrole nitrogens is 2. The van der Waals surface area contributed by atoms with Crippen LogP contribution in [-0.4, -0.2) is 191 Å². The third-order valence-electron chi connectivity index (χ3n) is 12.3. The molecule has 22 nitrogen and oxygen atoms in total. The number of piperazine rings is 2. The number of hydrogen-bond acceptors (Lipinski definition) is 16. The number of hydrogen-bond donors (Lipinski definition) is 3. The van der Waals surface area contributed by atoms with Crippen molar-refractivity contribution in [3.63, 3.8) is 0 Å². The summed E-state index contributed by atoms with van der Waals surface area (Å²) < 4.78 is 23.8. The van der Waals surface area contributed by atoms with Crippen LogP contribution in [0.3, 0.4) is 0 Å². The number of aliphatic hydroxyl groups is 1. The van der Waals surface area contributed by atoms with Crippen molar-refractivity contribution in [2.75, 3.05) is 85.9 Å². The van der Waals surface area contributed by atoms with Gasteiger partial charge in [0.15, 0.2) is 25.4 Å². The lowest BCUT2D eigenvalue weighted by atomic mass is 10.1. The standard InChI is InChI=1S/C28H30N4O7.C27H28N4O7/c1-19(39-26(34)18-38-25(33)17-37-2)27(35)31-13-15-32(16-14-31)28(36)21-10-7-20(8-11-21)9-12-24-22-5-3-4-6-23(22)29-30-24;1-18(38-25(34)17-37-24(33)16-32)26(35)30-12-14-31(15-13-30)27(36)20-9-6-19(7-10-20)8-11-23-21-4-2-3-5-22(21)28-29-23/h3-12,19H,13-18H2,1-2H3,(H,29,30);2-11,18,32H,12-17H2,1H3,(H,28,29)/b12-9+;11-8+. The molecule has 4 aromatic carbocycles. The van der Waals surface area contributed by atoms with Crippen molar-refractivity contribution < 1.29 is 67.1 Å². The van der Waals surface area contributed by atoms with Crippen LogP contribution in [0.1, 0.15) is 57.1 Å². The van der Waals surface area contributed by atoms with Gasteiger partial charge in [-0.15, -0.1) is 0 Å². The Labute approximate surface area is 442 Å². The average molecular weight is 1060 g/mol. The number of aromatic nitrogens is 4. The highest BCUT2D eigenvalue weighted by atomic mass is 16.6. The number of nitrogens with one attached hydrogen (secondary N) is 2. The van der Waals surface area contributed by atoms with Crippen LogP contribution in [0.2, 0.25) is 0 Å². The number of amides is 4. The Bertz CT molecular complexity index is 3120. The Morgan fingerprint density at radius 1 is 0.506 bits per heavy atom. The molecule has 0 spiro atoms. The highest BCUT2D eigenvalue weighted by Gasteiger charge is 2.31. The summed E-state index contributed by atoms with van der Waals surface area (Å²) in [5, 5.41) is 25.3. The fourth-order valence-corrected chi connectivity index (χ4v) is 8.23. The third-order valence-corrected chi connectivity index (χ3v) is 12.3. The van der Waals surface area contributed by atoms with Gasteiger partial charge in [0.1, 0.15) is 13.2 Å². The number of rotatable bonds is 17. The monoisotopic (exact) mass is 1050 g/mol. The number of methoxy groups -OCH3 is 1. The summed E-state index contributed by atoms with van der Waals surface area (Å²) in [5.41, 5.74) is 6.58. The minimum Gasteiger partial charge on any atom is -0.452 e. The smallest absolute Gasteiger partial charge is 0.345 e. The predicted octanol–water partition coefficient (Wildman–Crippen LogP) is 3.62. The number of fused-ring (bicyclic) bond motifs is 2. The molecule has 8 rings (SSSR count). The lowest BCUT2D eigenvalue weighted by Gasteiger charge is -2.35. The number of esters is 4. The van der Waals surface area contributed by atoms with E-state index in [1.807, 2.05) is 97.1 Å². The SMILES string of the molecule is CC(OC(=O)COC(=O)CO)C(=O)N1CCN(C(=O)c2ccc(/C=C/c3n[nH]c4ccccc34)cc2)CC1.COCC(=O)OCC(=O)OC(C)C(=O)N1CCN(C(=O)c2ccc(/C=C/c3n[nH]c4ccccc34)cc2)CC1. The maximum absolute atomic E-state index is 13.0. The molecule has 2 atom stereocenters. The second kappa shape index (κ2) is 27.0. The summed E-state index contributed by atoms with van der Waals surface area (Å²) in [6, 6.07) is 30.4. The quantitative estimate of drug-likeness (QED) is 0.0869. The highest BCUT2D eigenvalue weighted by molar-refractivity contribution is 5.96. The van der Waals surface area contributed by atoms with Crippen LogP contribution in [0, 0.1) is 0 Å². The van der Waals surface area contributed by atoms with Crippen LogP contribution >= 0.6 is 0 Å². The molecule has 2 saturated heterocycles. The summed E-state index contributed by atoms with van der Waals surface area (Å²) >= 11 is 0. The Hall–Kier alpha value is -9.02. The Kier molecular flexibility index (Phi) is 19.5. The van der Waals surface area contributed by atoms with Gasteiger partial charge in [0.2, 0.25) is 0 Å². The predicted molar refractivity (Wildman–Crippen MR) is 280 cm³/mol. The first-order chi connectivity index (χ1) is 37.2. The van der Waals surface area contributed by atoms with E-state index in [2.05, 4.69) is 29.9 Å². The summed E-state index contributed by atoms with van der Waals surface area (Å²) in [6.45, 7) is 3.07. The average Bonchev–Trinajstić information content (AvgIpc) is 4.09. The van der Waals surface area contributed by atoms with E-state index in [0.717, 1.165) is 44.3 Å². The molecule has 2 aliphatic heterocycles. The van der Waals surface area contributed by atoms with Crippen molar-refractivity contribution in [1.82, 2.24) is 40.0 Å². The van der Waals surface area contributed by atoms with Crippen LogP contribution in [0.4, 0.5) is 0 Å². The molecular formula is C55H58N8O14. The first kappa shape index (κ1) is 55.7. The van der Waals surface area contributed by atoms with Crippen molar-refractivity contribution >= 4 is 93.6 Å². The number of carbonyl (C=O) groups is 8. The van der Waals surface area contributed by atoms with Crippen molar-refractivity contribution in [2.24, 2.45) is 0 Å². The number of aliphatic hydroxyl groups excluding tert-OH is 1. The van der Waals surface area contributed by atoms with Gasteiger partial charge < -0.3 is 48.4 Å². The van der Waals surface area contributed by atoms with E-state index in [-0.39, 0.29) is 24.3 Å². The van der Waals surface area contributed by atoms with E-state index in [1.165, 1.54) is 25.9 Å². The maximum atomic E-state index is 13.0. The van der Waals surface area contributed by atoms with Gasteiger partial charge in [0, 0.05) is 81.4 Å². The van der Waals surface area contributed by atoms with Crippen LogP contribution < -0.4 is 0 Å². The molecule has 22 heteroatoms. The molecule has 0 bridgehead atoms. The molecule has 2 fully saturated rings. The molecule has 0 saturated carbocycles. The fourth-order valence-electron chi connectivity index (χ4n) is 8.23. The van der Waals surface area contributed by atoms with E-state index in [1.54, 1.807) is 39.0 Å². The zero-order chi connectivity index (χ0) is 54.8. The Balaban J connectivity index is 0.000000224. The maximum Gasteiger partial charge on any atom is 0.345 e. The van der Waals surface area contributed by atoms with Crippen molar-refractivity contribution in [2.45, 2.75) is 26.1 Å². The summed E-state index contributed by atoms with van der Waals surface area (Å²) in [4.78, 5) is 103. The molecule has 6 aromatic rings. The fraction of sp³-hybridized carbons (Fsp3) is 0.309. The van der Waals surface area contributed by atoms with Gasteiger partial charge in [-0.05, 0) is 73.5 Å². The van der Waals surface area contributed by atoms with E-state index < -0.39 is 61.8 Å². The minimum absolute atomic E-state index is 0.117. The second-order valence-corrected chi connectivity index (χ2v) is 17.6. The molecule has 4 heterocycles. The third kappa shape index (κ3) is 15.3. The topological polar surface area (TPSA) is 273 Å². The lowest BCUT2D eigenvalue weighted by molar-refractivity contribution is -0.168. The van der Waals surface area contributed by atoms with Crippen molar-refractivity contribution in [3.05, 3.63) is 131 Å². The second-order valence-electron chi connectivity index (χ2n) is 17.6. The number of nitrogens with zero attached hydrogens (tertiary/aromatic N) is 6. The molecule has 0 radical (unpaired) electrons. The molecule has 77 heavy (non-hydrogen) atoms. The van der Waals surface area contributed by atoms with Crippen molar-refractivity contribution in [1.29, 1.82) is 0 Å². The highest BCUT2D eigenvalue weighted by Crippen LogP contribution is 2.21. The zero-order valence-electron chi connectivity index (χ0n) is 42.6. The summed E-state index contributed by atoms with van der Waals surface area (Å²) in [5.74, 6) is -4.41. The minimum atomic E-state index is -1.07. The number of aromatic amines is 2. The molecule has 3 N–H and O–H groups in total. The van der Waals surface area contributed by atoms with Gasteiger partial charge in [-0.2, -0.15) is 10.2 Å². The molecular weight excluding hydrogens is 997 g/mol. The summed E-state index contributed by atoms with van der Waals surface area (Å²) in [6.07, 6.45) is 5.62. The number of benzene rings is 4. The van der Waals surface area contributed by atoms with Gasteiger partial charge in [-0.3, -0.25) is 29.4 Å². The lowest BCUT2D eigenvalue weighted by Crippen LogP contribution is -2.53. The number of carbonyl (C=O) groups excluding carboxylic acids is 8. The summed E-state index contributed by atoms with van der Waals surface area (Å²) in [7, 11) is 1.33. The molecule has 402 valence electrons. The van der Waals surface area contributed by atoms with Gasteiger partial charge >= 0.3 is 23.9 Å².